The van der Waals surface area contributed by atoms with Crippen molar-refractivity contribution < 1.29 is 0 Å². The second-order valence-corrected chi connectivity index (χ2v) is 3.83. The molecule has 12 heavy (non-hydrogen) atoms. The van der Waals surface area contributed by atoms with E-state index in [1.165, 1.54) is 0 Å². The molecular weight excluding hydrogens is 237 g/mol. The molecule has 0 bridgehead atoms. The molecule has 0 unspecified atom stereocenters. The molecule has 0 aromatic heterocycles. The molecule has 1 N–H and O–H groups in total. The lowest BCUT2D eigenvalue weighted by molar-refractivity contribution is 1.31. The Kier molecular flexibility index (Phi) is 3.63. The van der Waals surface area contributed by atoms with E-state index in [0.29, 0.717) is 11.6 Å². The number of hydrogen-bond donors (Lipinski definition) is 1. The van der Waals surface area contributed by atoms with E-state index in [2.05, 4.69) is 27.8 Å². The molecule has 0 fully saturated rings. The zero-order valence-electron chi connectivity index (χ0n) is 6.48. The molecule has 1 rings (SSSR count). The largest absolute Gasteiger partial charge is 0.380 e. The molecule has 3 heteroatoms. The maximum atomic E-state index is 5.59. The Bertz CT molecular complexity index is 268. The molecule has 0 heterocycles. The van der Waals surface area contributed by atoms with Gasteiger partial charge in [-0.15, -0.1) is 0 Å². The third kappa shape index (κ3) is 3.28. The normalized spacial score (nSPS) is 9.50. The van der Waals surface area contributed by atoms with Gasteiger partial charge in [0, 0.05) is 15.2 Å². The summed E-state index contributed by atoms with van der Waals surface area (Å²) in [5.74, 6) is 0. The molecule has 1 aromatic carbocycles. The summed E-state index contributed by atoms with van der Waals surface area (Å²) >= 11 is 8.95. The Morgan fingerprint density at radius 3 is 2.50 bits per heavy atom. The van der Waals surface area contributed by atoms with Crippen molar-refractivity contribution in [1.29, 1.82) is 0 Å². The molecule has 1 nitrogen and oxygen atoms in total. The summed E-state index contributed by atoms with van der Waals surface area (Å²) in [5, 5.41) is 3.73. The minimum atomic E-state index is 0.600. The molecule has 1 aromatic rings. The van der Waals surface area contributed by atoms with Crippen LogP contribution in [-0.2, 0) is 0 Å². The number of halogens is 2. The van der Waals surface area contributed by atoms with Crippen molar-refractivity contribution in [2.45, 2.75) is 0 Å². The van der Waals surface area contributed by atoms with E-state index >= 15 is 0 Å². The van der Waals surface area contributed by atoms with Crippen LogP contribution in [0.3, 0.4) is 0 Å². The second-order valence-electron chi connectivity index (χ2n) is 2.38. The Balaban J connectivity index is 2.53. The third-order valence-electron chi connectivity index (χ3n) is 1.33. The van der Waals surface area contributed by atoms with E-state index in [-0.39, 0.29) is 0 Å². The van der Waals surface area contributed by atoms with Crippen LogP contribution in [0.4, 0.5) is 5.69 Å². The minimum absolute atomic E-state index is 0.600. The van der Waals surface area contributed by atoms with Gasteiger partial charge in [0.05, 0.1) is 6.54 Å². The average Bonchev–Trinajstić information content (AvgIpc) is 2.03. The predicted octanol–water partition coefficient (Wildman–Crippen LogP) is 3.61. The summed E-state index contributed by atoms with van der Waals surface area (Å²) in [6, 6.07) is 7.90. The van der Waals surface area contributed by atoms with Crippen molar-refractivity contribution in [2.75, 3.05) is 11.9 Å². The van der Waals surface area contributed by atoms with E-state index in [9.17, 15) is 0 Å². The lowest BCUT2D eigenvalue weighted by atomic mass is 10.3. The van der Waals surface area contributed by atoms with Gasteiger partial charge in [0.1, 0.15) is 0 Å². The van der Waals surface area contributed by atoms with Crippen LogP contribution in [0.2, 0.25) is 0 Å². The fraction of sp³-hybridized carbons (Fsp3) is 0.111. The average molecular weight is 247 g/mol. The van der Waals surface area contributed by atoms with Crippen LogP contribution in [0.15, 0.2) is 40.3 Å². The van der Waals surface area contributed by atoms with Gasteiger partial charge in [-0.1, -0.05) is 34.1 Å². The summed E-state index contributed by atoms with van der Waals surface area (Å²) in [6.07, 6.45) is 0. The Hall–Kier alpha value is -0.470. The molecule has 0 radical (unpaired) electrons. The van der Waals surface area contributed by atoms with Gasteiger partial charge in [-0.05, 0) is 24.3 Å². The van der Waals surface area contributed by atoms with Crippen molar-refractivity contribution in [3.63, 3.8) is 0 Å². The van der Waals surface area contributed by atoms with Crippen LogP contribution in [0, 0.1) is 0 Å². The number of benzene rings is 1. The third-order valence-corrected chi connectivity index (χ3v) is 1.99. The summed E-state index contributed by atoms with van der Waals surface area (Å²) in [4.78, 5) is 0. The van der Waals surface area contributed by atoms with Crippen LogP contribution >= 0.6 is 27.5 Å². The highest BCUT2D eigenvalue weighted by Crippen LogP contribution is 2.14. The van der Waals surface area contributed by atoms with Gasteiger partial charge < -0.3 is 5.32 Å². The Labute approximate surface area is 85.6 Å². The number of rotatable bonds is 3. The molecule has 0 amide bonds. The van der Waals surface area contributed by atoms with E-state index in [4.69, 9.17) is 11.6 Å². The zero-order valence-corrected chi connectivity index (χ0v) is 8.82. The number of anilines is 1. The molecule has 0 saturated heterocycles. The van der Waals surface area contributed by atoms with Crippen molar-refractivity contribution in [1.82, 2.24) is 0 Å². The Morgan fingerprint density at radius 1 is 1.42 bits per heavy atom. The fourth-order valence-corrected chi connectivity index (χ4v) is 1.10. The van der Waals surface area contributed by atoms with Gasteiger partial charge in [0.15, 0.2) is 0 Å². The van der Waals surface area contributed by atoms with Gasteiger partial charge in [0.25, 0.3) is 0 Å². The highest BCUT2D eigenvalue weighted by molar-refractivity contribution is 9.10. The minimum Gasteiger partial charge on any atom is -0.380 e. The van der Waals surface area contributed by atoms with E-state index in [1.54, 1.807) is 0 Å². The maximum Gasteiger partial charge on any atom is 0.0501 e. The lowest BCUT2D eigenvalue weighted by Gasteiger charge is -2.03. The Morgan fingerprint density at radius 2 is 2.00 bits per heavy atom. The van der Waals surface area contributed by atoms with Crippen LogP contribution in [0.1, 0.15) is 0 Å². The monoisotopic (exact) mass is 245 g/mol. The van der Waals surface area contributed by atoms with Crippen molar-refractivity contribution >= 4 is 33.2 Å². The quantitative estimate of drug-likeness (QED) is 0.859. The predicted molar refractivity (Wildman–Crippen MR) is 57.6 cm³/mol. The van der Waals surface area contributed by atoms with Gasteiger partial charge in [0.2, 0.25) is 0 Å². The van der Waals surface area contributed by atoms with Crippen molar-refractivity contribution in [3.8, 4) is 0 Å². The van der Waals surface area contributed by atoms with Gasteiger partial charge >= 0.3 is 0 Å². The van der Waals surface area contributed by atoms with Crippen LogP contribution in [-0.4, -0.2) is 6.54 Å². The number of nitrogens with one attached hydrogen (secondary N) is 1. The molecule has 0 aliphatic rings. The molecule has 0 aliphatic heterocycles. The van der Waals surface area contributed by atoms with Gasteiger partial charge in [-0.2, -0.15) is 0 Å². The van der Waals surface area contributed by atoms with Gasteiger partial charge in [-0.3, -0.25) is 0 Å². The highest BCUT2D eigenvalue weighted by atomic mass is 79.9. The van der Waals surface area contributed by atoms with Gasteiger partial charge in [-0.25, -0.2) is 0 Å². The first-order valence-electron chi connectivity index (χ1n) is 3.51. The first kappa shape index (κ1) is 9.62. The zero-order chi connectivity index (χ0) is 8.97. The first-order chi connectivity index (χ1) is 5.68. The van der Waals surface area contributed by atoms with E-state index in [1.807, 2.05) is 24.3 Å². The topological polar surface area (TPSA) is 12.0 Å². The van der Waals surface area contributed by atoms with Crippen LogP contribution < -0.4 is 5.32 Å². The molecule has 0 saturated carbocycles. The first-order valence-corrected chi connectivity index (χ1v) is 4.68. The molecule has 0 aliphatic carbocycles. The maximum absolute atomic E-state index is 5.59. The highest BCUT2D eigenvalue weighted by Gasteiger charge is 1.91. The smallest absolute Gasteiger partial charge is 0.0501 e. The van der Waals surface area contributed by atoms with E-state index < -0.39 is 0 Å². The summed E-state index contributed by atoms with van der Waals surface area (Å²) in [6.45, 7) is 4.18. The van der Waals surface area contributed by atoms with E-state index in [0.717, 1.165) is 10.2 Å². The molecule has 0 atom stereocenters. The summed E-state index contributed by atoms with van der Waals surface area (Å²) in [5.41, 5.74) is 1.04. The fourth-order valence-electron chi connectivity index (χ4n) is 0.766. The van der Waals surface area contributed by atoms with Crippen LogP contribution in [0.25, 0.3) is 0 Å². The lowest BCUT2D eigenvalue weighted by Crippen LogP contribution is -1.99. The second kappa shape index (κ2) is 4.53. The summed E-state index contributed by atoms with van der Waals surface area (Å²) < 4.78 is 1.07. The molecular formula is C9H9BrClN. The standard InChI is InChI=1S/C9H9BrClN/c1-7(11)6-12-9-4-2-8(10)3-5-9/h2-5,12H,1,6H2. The van der Waals surface area contributed by atoms with Crippen LogP contribution in [0.5, 0.6) is 0 Å². The molecule has 64 valence electrons. The van der Waals surface area contributed by atoms with Crippen molar-refractivity contribution in [3.05, 3.63) is 40.3 Å². The number of hydrogen-bond acceptors (Lipinski definition) is 1. The summed E-state index contributed by atoms with van der Waals surface area (Å²) in [7, 11) is 0. The molecule has 0 spiro atoms. The SMILES string of the molecule is C=C(Cl)CNc1ccc(Br)cc1. The van der Waals surface area contributed by atoms with Crippen molar-refractivity contribution in [2.24, 2.45) is 0 Å².